The van der Waals surface area contributed by atoms with E-state index in [0.717, 1.165) is 10.7 Å². The van der Waals surface area contributed by atoms with Crippen molar-refractivity contribution in [2.24, 2.45) is 0 Å². The Morgan fingerprint density at radius 1 is 1.21 bits per heavy atom. The average Bonchev–Trinajstić information content (AvgIpc) is 3.09. The van der Waals surface area contributed by atoms with Gasteiger partial charge in [0.05, 0.1) is 18.4 Å². The van der Waals surface area contributed by atoms with Crippen LogP contribution in [0.3, 0.4) is 0 Å². The lowest BCUT2D eigenvalue weighted by Crippen LogP contribution is -2.23. The van der Waals surface area contributed by atoms with Crippen LogP contribution in [0.4, 0.5) is 0 Å². The molecule has 24 heavy (non-hydrogen) atoms. The quantitative estimate of drug-likeness (QED) is 0.750. The van der Waals surface area contributed by atoms with E-state index in [2.05, 4.69) is 42.3 Å². The summed E-state index contributed by atoms with van der Waals surface area (Å²) >= 11 is 1.51. The molecule has 0 unspecified atom stereocenters. The van der Waals surface area contributed by atoms with Crippen molar-refractivity contribution < 1.29 is 9.21 Å². The van der Waals surface area contributed by atoms with E-state index in [9.17, 15) is 4.79 Å². The summed E-state index contributed by atoms with van der Waals surface area (Å²) in [6, 6.07) is 13.4. The van der Waals surface area contributed by atoms with Crippen LogP contribution in [-0.4, -0.2) is 10.9 Å². The van der Waals surface area contributed by atoms with E-state index in [4.69, 9.17) is 4.42 Å². The number of rotatable bonds is 5. The fraction of sp³-hybridized carbons (Fsp3) is 0.158. The highest BCUT2D eigenvalue weighted by Gasteiger charge is 2.14. The summed E-state index contributed by atoms with van der Waals surface area (Å²) in [5.41, 5.74) is 2.95. The molecule has 0 spiro atoms. The van der Waals surface area contributed by atoms with E-state index in [1.807, 2.05) is 6.07 Å². The monoisotopic (exact) mass is 338 g/mol. The molecule has 2 heterocycles. The molecule has 0 bridgehead atoms. The Kier molecular flexibility index (Phi) is 5.01. The Morgan fingerprint density at radius 2 is 2.08 bits per heavy atom. The van der Waals surface area contributed by atoms with E-state index in [1.165, 1.54) is 22.9 Å². The van der Waals surface area contributed by atoms with Crippen molar-refractivity contribution in [3.05, 3.63) is 77.4 Å². The molecule has 0 saturated heterocycles. The summed E-state index contributed by atoms with van der Waals surface area (Å²) in [6.07, 6.45) is 3.29. The molecule has 1 amide bonds. The number of carbonyl (C=O) groups excluding carboxylic acids is 1. The molecule has 0 aliphatic rings. The second-order valence-electron chi connectivity index (χ2n) is 5.49. The summed E-state index contributed by atoms with van der Waals surface area (Å²) in [5, 5.41) is 3.56. The predicted molar refractivity (Wildman–Crippen MR) is 94.2 cm³/mol. The first-order chi connectivity index (χ1) is 11.6. The molecule has 0 fully saturated rings. The smallest absolute Gasteiger partial charge is 0.254 e. The van der Waals surface area contributed by atoms with Crippen molar-refractivity contribution in [2.45, 2.75) is 30.3 Å². The zero-order valence-electron chi connectivity index (χ0n) is 13.6. The standard InChI is InChI=1S/C19H18N2O2S/c1-13-7-8-17(14(2)11-13)24-19-16(6-3-9-20-19)18(22)21-12-15-5-4-10-23-15/h3-11H,12H2,1-2H3,(H,21,22). The highest BCUT2D eigenvalue weighted by molar-refractivity contribution is 7.99. The van der Waals surface area contributed by atoms with Gasteiger partial charge in [0.1, 0.15) is 10.8 Å². The molecule has 2 aromatic heterocycles. The molecule has 1 N–H and O–H groups in total. The Morgan fingerprint density at radius 3 is 2.83 bits per heavy atom. The number of benzene rings is 1. The number of pyridine rings is 1. The SMILES string of the molecule is Cc1ccc(Sc2ncccc2C(=O)NCc2ccco2)c(C)c1. The van der Waals surface area contributed by atoms with Gasteiger partial charge in [0, 0.05) is 11.1 Å². The van der Waals surface area contributed by atoms with Crippen LogP contribution in [0.25, 0.3) is 0 Å². The van der Waals surface area contributed by atoms with Gasteiger partial charge >= 0.3 is 0 Å². The number of aromatic nitrogens is 1. The van der Waals surface area contributed by atoms with E-state index >= 15 is 0 Å². The van der Waals surface area contributed by atoms with Crippen LogP contribution in [0.1, 0.15) is 27.2 Å². The van der Waals surface area contributed by atoms with E-state index < -0.39 is 0 Å². The number of hydrogen-bond acceptors (Lipinski definition) is 4. The lowest BCUT2D eigenvalue weighted by molar-refractivity contribution is 0.0944. The largest absolute Gasteiger partial charge is 0.467 e. The van der Waals surface area contributed by atoms with Crippen LogP contribution in [-0.2, 0) is 6.54 Å². The fourth-order valence-corrected chi connectivity index (χ4v) is 3.29. The Balaban J connectivity index is 1.78. The number of furan rings is 1. The van der Waals surface area contributed by atoms with Gasteiger partial charge in [-0.1, -0.05) is 29.5 Å². The minimum absolute atomic E-state index is 0.160. The minimum Gasteiger partial charge on any atom is -0.467 e. The van der Waals surface area contributed by atoms with Crippen molar-refractivity contribution in [3.8, 4) is 0 Å². The van der Waals surface area contributed by atoms with E-state index in [0.29, 0.717) is 17.1 Å². The molecule has 4 nitrogen and oxygen atoms in total. The third kappa shape index (κ3) is 3.86. The van der Waals surface area contributed by atoms with Crippen LogP contribution in [0, 0.1) is 13.8 Å². The molecule has 3 rings (SSSR count). The number of amides is 1. The van der Waals surface area contributed by atoms with Gasteiger partial charge < -0.3 is 9.73 Å². The zero-order chi connectivity index (χ0) is 16.9. The minimum atomic E-state index is -0.160. The lowest BCUT2D eigenvalue weighted by atomic mass is 10.2. The highest BCUT2D eigenvalue weighted by Crippen LogP contribution is 2.31. The van der Waals surface area contributed by atoms with Gasteiger partial charge in [-0.2, -0.15) is 0 Å². The molecule has 1 aromatic carbocycles. The second-order valence-corrected chi connectivity index (χ2v) is 6.52. The van der Waals surface area contributed by atoms with Crippen LogP contribution in [0.2, 0.25) is 0 Å². The van der Waals surface area contributed by atoms with E-state index in [1.54, 1.807) is 30.7 Å². The first kappa shape index (κ1) is 16.3. The van der Waals surface area contributed by atoms with Gasteiger partial charge in [-0.15, -0.1) is 0 Å². The van der Waals surface area contributed by atoms with Crippen molar-refractivity contribution in [3.63, 3.8) is 0 Å². The van der Waals surface area contributed by atoms with Gasteiger partial charge in [-0.25, -0.2) is 4.98 Å². The van der Waals surface area contributed by atoms with Gasteiger partial charge in [-0.05, 0) is 49.7 Å². The maximum Gasteiger partial charge on any atom is 0.254 e. The van der Waals surface area contributed by atoms with Gasteiger partial charge in [0.2, 0.25) is 0 Å². The molecule has 0 atom stereocenters. The predicted octanol–water partition coefficient (Wildman–Crippen LogP) is 4.37. The van der Waals surface area contributed by atoms with Gasteiger partial charge in [0.15, 0.2) is 0 Å². The van der Waals surface area contributed by atoms with Gasteiger partial charge in [0.25, 0.3) is 5.91 Å². The maximum atomic E-state index is 12.5. The average molecular weight is 338 g/mol. The van der Waals surface area contributed by atoms with Crippen LogP contribution in [0.15, 0.2) is 69.3 Å². The number of aryl methyl sites for hydroxylation is 2. The molecule has 122 valence electrons. The number of carbonyl (C=O) groups is 1. The van der Waals surface area contributed by atoms with Crippen molar-refractivity contribution in [1.29, 1.82) is 0 Å². The molecular formula is C19H18N2O2S. The Bertz CT molecular complexity index is 844. The summed E-state index contributed by atoms with van der Waals surface area (Å²) in [7, 11) is 0. The van der Waals surface area contributed by atoms with Crippen molar-refractivity contribution >= 4 is 17.7 Å². The fourth-order valence-electron chi connectivity index (χ4n) is 2.34. The second kappa shape index (κ2) is 7.36. The highest BCUT2D eigenvalue weighted by atomic mass is 32.2. The first-order valence-corrected chi connectivity index (χ1v) is 8.46. The topological polar surface area (TPSA) is 55.1 Å². The van der Waals surface area contributed by atoms with E-state index in [-0.39, 0.29) is 5.91 Å². The Hall–Kier alpha value is -2.53. The van der Waals surface area contributed by atoms with Crippen molar-refractivity contribution in [1.82, 2.24) is 10.3 Å². The van der Waals surface area contributed by atoms with Crippen LogP contribution in [0.5, 0.6) is 0 Å². The third-order valence-electron chi connectivity index (χ3n) is 3.56. The summed E-state index contributed by atoms with van der Waals surface area (Å²) in [5.74, 6) is 0.558. The van der Waals surface area contributed by atoms with Crippen LogP contribution >= 0.6 is 11.8 Å². The molecule has 0 aliphatic heterocycles. The van der Waals surface area contributed by atoms with Crippen LogP contribution < -0.4 is 5.32 Å². The number of nitrogens with zero attached hydrogens (tertiary/aromatic N) is 1. The Labute approximate surface area is 145 Å². The molecular weight excluding hydrogens is 320 g/mol. The molecule has 5 heteroatoms. The zero-order valence-corrected chi connectivity index (χ0v) is 14.4. The molecule has 0 aliphatic carbocycles. The number of nitrogens with one attached hydrogen (secondary N) is 1. The summed E-state index contributed by atoms with van der Waals surface area (Å²) < 4.78 is 5.24. The molecule has 3 aromatic rings. The maximum absolute atomic E-state index is 12.5. The molecule has 0 radical (unpaired) electrons. The number of hydrogen-bond donors (Lipinski definition) is 1. The lowest BCUT2D eigenvalue weighted by Gasteiger charge is -2.10. The molecule has 0 saturated carbocycles. The summed E-state index contributed by atoms with van der Waals surface area (Å²) in [4.78, 5) is 18.0. The first-order valence-electron chi connectivity index (χ1n) is 7.64. The van der Waals surface area contributed by atoms with Crippen molar-refractivity contribution in [2.75, 3.05) is 0 Å². The normalized spacial score (nSPS) is 10.6. The third-order valence-corrected chi connectivity index (χ3v) is 4.75. The summed E-state index contributed by atoms with van der Waals surface area (Å²) in [6.45, 7) is 4.49. The van der Waals surface area contributed by atoms with Gasteiger partial charge in [-0.3, -0.25) is 4.79 Å².